The van der Waals surface area contributed by atoms with Crippen LogP contribution in [0.15, 0.2) is 12.2 Å². The maximum absolute atomic E-state index is 9.37. The molecule has 0 spiro atoms. The molecule has 3 nitrogen and oxygen atoms in total. The minimum atomic E-state index is -0.530. The molecular formula is C8H12O3. The van der Waals surface area contributed by atoms with E-state index in [0.29, 0.717) is 6.42 Å². The van der Waals surface area contributed by atoms with Gasteiger partial charge in [0, 0.05) is 6.42 Å². The summed E-state index contributed by atoms with van der Waals surface area (Å²) in [6, 6.07) is 0. The number of fused-ring (bicyclic) bond motifs is 2. The highest BCUT2D eigenvalue weighted by atomic mass is 16.5. The predicted molar refractivity (Wildman–Crippen MR) is 39.0 cm³/mol. The Labute approximate surface area is 65.3 Å². The van der Waals surface area contributed by atoms with Gasteiger partial charge in [0.2, 0.25) is 0 Å². The standard InChI is InChI=1S/C8H12O3/c9-5-4-6(10)8-3-1-2-7(5)11-8/h1-2,5-10H,3-4H2/t5-,6+,7-,8+/m0/s1. The second kappa shape index (κ2) is 2.59. The molecule has 62 valence electrons. The molecule has 1 fully saturated rings. The average Bonchev–Trinajstić information content (AvgIpc) is 2.02. The molecule has 0 aromatic carbocycles. The summed E-state index contributed by atoms with van der Waals surface area (Å²) in [6.45, 7) is 0. The zero-order valence-corrected chi connectivity index (χ0v) is 6.18. The Morgan fingerprint density at radius 1 is 1.27 bits per heavy atom. The van der Waals surface area contributed by atoms with Gasteiger partial charge in [0.15, 0.2) is 0 Å². The van der Waals surface area contributed by atoms with Crippen LogP contribution in [0.2, 0.25) is 0 Å². The molecule has 0 saturated carbocycles. The lowest BCUT2D eigenvalue weighted by Gasteiger charge is -2.38. The van der Waals surface area contributed by atoms with Crippen molar-refractivity contribution in [3.8, 4) is 0 Å². The molecule has 4 atom stereocenters. The van der Waals surface area contributed by atoms with Crippen LogP contribution in [0, 0.1) is 0 Å². The van der Waals surface area contributed by atoms with Gasteiger partial charge in [0.25, 0.3) is 0 Å². The van der Waals surface area contributed by atoms with E-state index in [2.05, 4.69) is 0 Å². The molecule has 0 unspecified atom stereocenters. The molecule has 0 aromatic heterocycles. The highest BCUT2D eigenvalue weighted by Gasteiger charge is 2.36. The first-order chi connectivity index (χ1) is 5.27. The van der Waals surface area contributed by atoms with Crippen molar-refractivity contribution in [2.45, 2.75) is 37.3 Å². The Balaban J connectivity index is 2.15. The number of ether oxygens (including phenoxy) is 1. The molecule has 2 N–H and O–H groups in total. The van der Waals surface area contributed by atoms with Crippen molar-refractivity contribution in [1.82, 2.24) is 0 Å². The lowest BCUT2D eigenvalue weighted by Crippen LogP contribution is -2.47. The Kier molecular flexibility index (Phi) is 1.71. The Morgan fingerprint density at radius 2 is 2.09 bits per heavy atom. The van der Waals surface area contributed by atoms with Gasteiger partial charge in [0.1, 0.15) is 6.10 Å². The predicted octanol–water partition coefficient (Wildman–Crippen LogP) is -0.174. The van der Waals surface area contributed by atoms with E-state index < -0.39 is 12.2 Å². The first-order valence-electron chi connectivity index (χ1n) is 3.95. The van der Waals surface area contributed by atoms with Crippen LogP contribution in [-0.4, -0.2) is 34.6 Å². The monoisotopic (exact) mass is 156 g/mol. The van der Waals surface area contributed by atoms with E-state index in [4.69, 9.17) is 4.74 Å². The number of hydrogen-bond acceptors (Lipinski definition) is 3. The van der Waals surface area contributed by atoms with E-state index in [0.717, 1.165) is 6.42 Å². The molecule has 2 aliphatic rings. The molecule has 0 amide bonds. The number of rotatable bonds is 0. The molecule has 2 aliphatic heterocycles. The van der Waals surface area contributed by atoms with E-state index in [-0.39, 0.29) is 12.2 Å². The fraction of sp³-hybridized carbons (Fsp3) is 0.750. The maximum Gasteiger partial charge on any atom is 0.102 e. The van der Waals surface area contributed by atoms with Gasteiger partial charge < -0.3 is 14.9 Å². The van der Waals surface area contributed by atoms with Crippen molar-refractivity contribution in [1.29, 1.82) is 0 Å². The summed E-state index contributed by atoms with van der Waals surface area (Å²) in [4.78, 5) is 0. The fourth-order valence-corrected chi connectivity index (χ4v) is 1.65. The Bertz CT molecular complexity index is 178. The van der Waals surface area contributed by atoms with E-state index in [1.54, 1.807) is 0 Å². The van der Waals surface area contributed by atoms with Gasteiger partial charge in [-0.25, -0.2) is 0 Å². The molecule has 2 bridgehead atoms. The maximum atomic E-state index is 9.37. The SMILES string of the molecule is O[C@@H]1C[C@H](O)[C@@H]2C=CC[C@H]1O2. The van der Waals surface area contributed by atoms with Crippen LogP contribution in [0.4, 0.5) is 0 Å². The van der Waals surface area contributed by atoms with Gasteiger partial charge in [-0.1, -0.05) is 12.2 Å². The average molecular weight is 156 g/mol. The van der Waals surface area contributed by atoms with E-state index in [9.17, 15) is 10.2 Å². The Hall–Kier alpha value is -0.380. The summed E-state index contributed by atoms with van der Waals surface area (Å²) in [6.07, 6.45) is 3.75. The van der Waals surface area contributed by atoms with Crippen molar-refractivity contribution < 1.29 is 14.9 Å². The van der Waals surface area contributed by atoms with E-state index in [1.807, 2.05) is 12.2 Å². The van der Waals surface area contributed by atoms with Crippen LogP contribution in [0.3, 0.4) is 0 Å². The molecule has 0 radical (unpaired) electrons. The fourth-order valence-electron chi connectivity index (χ4n) is 1.65. The summed E-state index contributed by atoms with van der Waals surface area (Å²) in [5.41, 5.74) is 0. The summed E-state index contributed by atoms with van der Waals surface area (Å²) >= 11 is 0. The molecule has 3 heteroatoms. The van der Waals surface area contributed by atoms with Crippen molar-refractivity contribution >= 4 is 0 Å². The summed E-state index contributed by atoms with van der Waals surface area (Å²) in [5.74, 6) is 0. The zero-order valence-electron chi connectivity index (χ0n) is 6.18. The third-order valence-electron chi connectivity index (χ3n) is 2.32. The highest BCUT2D eigenvalue weighted by Crippen LogP contribution is 2.26. The molecule has 1 saturated heterocycles. The van der Waals surface area contributed by atoms with Crippen molar-refractivity contribution in [2.75, 3.05) is 0 Å². The molecule has 11 heavy (non-hydrogen) atoms. The van der Waals surface area contributed by atoms with Gasteiger partial charge in [-0.3, -0.25) is 0 Å². The second-order valence-electron chi connectivity index (χ2n) is 3.17. The van der Waals surface area contributed by atoms with Crippen molar-refractivity contribution in [3.63, 3.8) is 0 Å². The lowest BCUT2D eigenvalue weighted by atomic mass is 9.92. The van der Waals surface area contributed by atoms with Gasteiger partial charge in [-0.15, -0.1) is 0 Å². The normalized spacial score (nSPS) is 49.3. The van der Waals surface area contributed by atoms with Gasteiger partial charge in [-0.05, 0) is 6.42 Å². The highest BCUT2D eigenvalue weighted by molar-refractivity contribution is 5.04. The molecule has 2 heterocycles. The molecule has 0 aliphatic carbocycles. The second-order valence-corrected chi connectivity index (χ2v) is 3.17. The molecular weight excluding hydrogens is 144 g/mol. The van der Waals surface area contributed by atoms with Crippen LogP contribution in [0.1, 0.15) is 12.8 Å². The van der Waals surface area contributed by atoms with Gasteiger partial charge >= 0.3 is 0 Å². The smallest absolute Gasteiger partial charge is 0.102 e. The first kappa shape index (κ1) is 7.28. The van der Waals surface area contributed by atoms with E-state index in [1.165, 1.54) is 0 Å². The summed E-state index contributed by atoms with van der Waals surface area (Å²) in [7, 11) is 0. The first-order valence-corrected chi connectivity index (χ1v) is 3.95. The minimum Gasteiger partial charge on any atom is -0.390 e. The van der Waals surface area contributed by atoms with Crippen LogP contribution < -0.4 is 0 Å². The van der Waals surface area contributed by atoms with Crippen LogP contribution in [-0.2, 0) is 4.74 Å². The Morgan fingerprint density at radius 3 is 2.91 bits per heavy atom. The van der Waals surface area contributed by atoms with E-state index >= 15 is 0 Å². The minimum absolute atomic E-state index is 0.0894. The third-order valence-corrected chi connectivity index (χ3v) is 2.32. The topological polar surface area (TPSA) is 49.7 Å². The third kappa shape index (κ3) is 1.20. The molecule has 2 rings (SSSR count). The summed E-state index contributed by atoms with van der Waals surface area (Å²) < 4.78 is 5.36. The molecule has 0 aromatic rings. The van der Waals surface area contributed by atoms with Crippen LogP contribution in [0.5, 0.6) is 0 Å². The number of aliphatic hydroxyl groups is 2. The number of aliphatic hydroxyl groups excluding tert-OH is 2. The zero-order chi connectivity index (χ0) is 7.84. The van der Waals surface area contributed by atoms with Crippen molar-refractivity contribution in [3.05, 3.63) is 12.2 Å². The van der Waals surface area contributed by atoms with Gasteiger partial charge in [0.05, 0.1) is 18.3 Å². The van der Waals surface area contributed by atoms with Crippen LogP contribution >= 0.6 is 0 Å². The van der Waals surface area contributed by atoms with Crippen molar-refractivity contribution in [2.24, 2.45) is 0 Å². The lowest BCUT2D eigenvalue weighted by molar-refractivity contribution is -0.155. The quantitative estimate of drug-likeness (QED) is 0.478. The summed E-state index contributed by atoms with van der Waals surface area (Å²) in [5, 5.41) is 18.7. The number of hydrogen-bond donors (Lipinski definition) is 2. The largest absolute Gasteiger partial charge is 0.390 e. The van der Waals surface area contributed by atoms with Crippen LogP contribution in [0.25, 0.3) is 0 Å². The van der Waals surface area contributed by atoms with Gasteiger partial charge in [-0.2, -0.15) is 0 Å².